The molecular formula is C18H21NO3. The van der Waals surface area contributed by atoms with Crippen LogP contribution in [0.2, 0.25) is 0 Å². The maximum atomic E-state index is 12.6. The molecule has 0 saturated heterocycles. The van der Waals surface area contributed by atoms with Crippen LogP contribution in [0.5, 0.6) is 11.5 Å². The van der Waals surface area contributed by atoms with Crippen molar-refractivity contribution in [2.24, 2.45) is 0 Å². The molecule has 0 aliphatic rings. The largest absolute Gasteiger partial charge is 0.497 e. The lowest BCUT2D eigenvalue weighted by Crippen LogP contribution is -2.34. The Balaban J connectivity index is 2.18. The highest BCUT2D eigenvalue weighted by atomic mass is 16.5. The summed E-state index contributed by atoms with van der Waals surface area (Å²) in [7, 11) is 3.22. The van der Waals surface area contributed by atoms with Crippen molar-refractivity contribution in [2.75, 3.05) is 19.5 Å². The second-order valence-electron chi connectivity index (χ2n) is 5.54. The Morgan fingerprint density at radius 3 is 2.18 bits per heavy atom. The van der Waals surface area contributed by atoms with Crippen molar-refractivity contribution in [3.8, 4) is 11.5 Å². The summed E-state index contributed by atoms with van der Waals surface area (Å²) in [5.74, 6) is 1.40. The summed E-state index contributed by atoms with van der Waals surface area (Å²) in [6, 6.07) is 14.8. The Kier molecular flexibility index (Phi) is 4.71. The molecule has 1 N–H and O–H groups in total. The van der Waals surface area contributed by atoms with Gasteiger partial charge in [-0.3, -0.25) is 4.79 Å². The fourth-order valence-corrected chi connectivity index (χ4v) is 2.13. The van der Waals surface area contributed by atoms with Gasteiger partial charge in [-0.1, -0.05) is 18.2 Å². The van der Waals surface area contributed by atoms with Crippen LogP contribution in [0.3, 0.4) is 0 Å². The topological polar surface area (TPSA) is 47.6 Å². The Morgan fingerprint density at radius 1 is 0.955 bits per heavy atom. The first-order valence-electron chi connectivity index (χ1n) is 7.07. The van der Waals surface area contributed by atoms with Crippen LogP contribution in [-0.4, -0.2) is 20.1 Å². The fourth-order valence-electron chi connectivity index (χ4n) is 2.13. The molecule has 22 heavy (non-hydrogen) atoms. The molecule has 4 heteroatoms. The zero-order valence-electron chi connectivity index (χ0n) is 13.3. The van der Waals surface area contributed by atoms with Crippen LogP contribution in [0.15, 0.2) is 48.5 Å². The second-order valence-corrected chi connectivity index (χ2v) is 5.54. The van der Waals surface area contributed by atoms with Crippen molar-refractivity contribution < 1.29 is 14.3 Å². The minimum Gasteiger partial charge on any atom is -0.497 e. The van der Waals surface area contributed by atoms with Gasteiger partial charge in [-0.2, -0.15) is 0 Å². The van der Waals surface area contributed by atoms with Gasteiger partial charge in [0.15, 0.2) is 0 Å². The number of rotatable bonds is 5. The van der Waals surface area contributed by atoms with E-state index in [0.717, 1.165) is 11.3 Å². The van der Waals surface area contributed by atoms with E-state index in [-0.39, 0.29) is 5.91 Å². The quantitative estimate of drug-likeness (QED) is 0.917. The van der Waals surface area contributed by atoms with Gasteiger partial charge in [-0.25, -0.2) is 0 Å². The molecule has 0 aliphatic heterocycles. The minimum atomic E-state index is -0.657. The SMILES string of the molecule is COc1ccc(C(C)(C)C(=O)Nc2cccc(OC)c2)cc1. The van der Waals surface area contributed by atoms with Crippen molar-refractivity contribution >= 4 is 11.6 Å². The number of hydrogen-bond acceptors (Lipinski definition) is 3. The lowest BCUT2D eigenvalue weighted by atomic mass is 9.83. The first-order chi connectivity index (χ1) is 10.5. The number of hydrogen-bond donors (Lipinski definition) is 1. The number of carbonyl (C=O) groups excluding carboxylic acids is 1. The second kappa shape index (κ2) is 6.52. The molecule has 116 valence electrons. The van der Waals surface area contributed by atoms with Gasteiger partial charge >= 0.3 is 0 Å². The molecule has 0 aromatic heterocycles. The summed E-state index contributed by atoms with van der Waals surface area (Å²) in [6.07, 6.45) is 0. The molecule has 1 amide bonds. The zero-order valence-corrected chi connectivity index (χ0v) is 13.3. The summed E-state index contributed by atoms with van der Waals surface area (Å²) >= 11 is 0. The maximum absolute atomic E-state index is 12.6. The van der Waals surface area contributed by atoms with Crippen LogP contribution in [-0.2, 0) is 10.2 Å². The fraction of sp³-hybridized carbons (Fsp3) is 0.278. The van der Waals surface area contributed by atoms with Gasteiger partial charge in [0.1, 0.15) is 11.5 Å². The van der Waals surface area contributed by atoms with Crippen molar-refractivity contribution in [1.82, 2.24) is 0 Å². The number of methoxy groups -OCH3 is 2. The number of benzene rings is 2. The highest BCUT2D eigenvalue weighted by Gasteiger charge is 2.29. The van der Waals surface area contributed by atoms with E-state index in [1.54, 1.807) is 20.3 Å². The summed E-state index contributed by atoms with van der Waals surface area (Å²) in [4.78, 5) is 12.6. The van der Waals surface area contributed by atoms with Gasteiger partial charge in [0.25, 0.3) is 0 Å². The minimum absolute atomic E-state index is 0.0779. The van der Waals surface area contributed by atoms with Crippen LogP contribution in [0, 0.1) is 0 Å². The highest BCUT2D eigenvalue weighted by Crippen LogP contribution is 2.27. The average Bonchev–Trinajstić information content (AvgIpc) is 2.55. The normalized spacial score (nSPS) is 10.9. The predicted molar refractivity (Wildman–Crippen MR) is 87.6 cm³/mol. The van der Waals surface area contributed by atoms with Gasteiger partial charge < -0.3 is 14.8 Å². The Morgan fingerprint density at radius 2 is 1.59 bits per heavy atom. The zero-order chi connectivity index (χ0) is 16.2. The molecule has 0 radical (unpaired) electrons. The monoisotopic (exact) mass is 299 g/mol. The number of carbonyl (C=O) groups is 1. The first-order valence-corrected chi connectivity index (χ1v) is 7.07. The summed E-state index contributed by atoms with van der Waals surface area (Å²) in [5.41, 5.74) is 0.981. The molecular weight excluding hydrogens is 278 g/mol. The number of anilines is 1. The van der Waals surface area contributed by atoms with Crippen LogP contribution >= 0.6 is 0 Å². The van der Waals surface area contributed by atoms with Crippen LogP contribution in [0.1, 0.15) is 19.4 Å². The van der Waals surface area contributed by atoms with E-state index in [4.69, 9.17) is 9.47 Å². The van der Waals surface area contributed by atoms with Gasteiger partial charge in [0, 0.05) is 11.8 Å². The van der Waals surface area contributed by atoms with E-state index >= 15 is 0 Å². The molecule has 2 rings (SSSR count). The molecule has 2 aromatic carbocycles. The third-order valence-corrected chi connectivity index (χ3v) is 3.71. The van der Waals surface area contributed by atoms with Crippen molar-refractivity contribution in [2.45, 2.75) is 19.3 Å². The van der Waals surface area contributed by atoms with Crippen molar-refractivity contribution in [1.29, 1.82) is 0 Å². The molecule has 0 heterocycles. The van der Waals surface area contributed by atoms with Crippen LogP contribution in [0.4, 0.5) is 5.69 Å². The molecule has 0 spiro atoms. The molecule has 2 aromatic rings. The molecule has 0 saturated carbocycles. The predicted octanol–water partition coefficient (Wildman–Crippen LogP) is 3.62. The van der Waals surface area contributed by atoms with E-state index in [9.17, 15) is 4.79 Å². The summed E-state index contributed by atoms with van der Waals surface area (Å²) in [6.45, 7) is 3.79. The molecule has 0 atom stereocenters. The van der Waals surface area contributed by atoms with E-state index in [1.165, 1.54) is 0 Å². The van der Waals surface area contributed by atoms with Crippen LogP contribution in [0.25, 0.3) is 0 Å². The number of nitrogens with one attached hydrogen (secondary N) is 1. The highest BCUT2D eigenvalue weighted by molar-refractivity contribution is 5.98. The smallest absolute Gasteiger partial charge is 0.234 e. The summed E-state index contributed by atoms with van der Waals surface area (Å²) in [5, 5.41) is 2.93. The Labute approximate surface area is 131 Å². The molecule has 0 bridgehead atoms. The van der Waals surface area contributed by atoms with Crippen molar-refractivity contribution in [3.05, 3.63) is 54.1 Å². The molecule has 4 nitrogen and oxygen atoms in total. The molecule has 0 aliphatic carbocycles. The van der Waals surface area contributed by atoms with Gasteiger partial charge in [-0.15, -0.1) is 0 Å². The van der Waals surface area contributed by atoms with E-state index in [2.05, 4.69) is 5.32 Å². The van der Waals surface area contributed by atoms with E-state index in [1.807, 2.05) is 56.3 Å². The Bertz CT molecular complexity index is 648. The first kappa shape index (κ1) is 15.9. The van der Waals surface area contributed by atoms with Gasteiger partial charge in [0.2, 0.25) is 5.91 Å². The third kappa shape index (κ3) is 3.39. The molecule has 0 fully saturated rings. The van der Waals surface area contributed by atoms with Crippen LogP contribution < -0.4 is 14.8 Å². The summed E-state index contributed by atoms with van der Waals surface area (Å²) < 4.78 is 10.3. The molecule has 0 unspecified atom stereocenters. The lowest BCUT2D eigenvalue weighted by Gasteiger charge is -2.24. The maximum Gasteiger partial charge on any atom is 0.234 e. The standard InChI is InChI=1S/C18H21NO3/c1-18(2,13-8-10-15(21-3)11-9-13)17(20)19-14-6-5-7-16(12-14)22-4/h5-12H,1-4H3,(H,19,20). The lowest BCUT2D eigenvalue weighted by molar-refractivity contribution is -0.120. The number of amides is 1. The van der Waals surface area contributed by atoms with Gasteiger partial charge in [-0.05, 0) is 43.7 Å². The average molecular weight is 299 g/mol. The van der Waals surface area contributed by atoms with E-state index < -0.39 is 5.41 Å². The Hall–Kier alpha value is -2.49. The van der Waals surface area contributed by atoms with E-state index in [0.29, 0.717) is 11.4 Å². The van der Waals surface area contributed by atoms with Gasteiger partial charge in [0.05, 0.1) is 19.6 Å². The third-order valence-electron chi connectivity index (χ3n) is 3.71. The van der Waals surface area contributed by atoms with Crippen molar-refractivity contribution in [3.63, 3.8) is 0 Å². The number of ether oxygens (including phenoxy) is 2.